The van der Waals surface area contributed by atoms with Gasteiger partial charge in [0.25, 0.3) is 5.91 Å². The Morgan fingerprint density at radius 3 is 3.00 bits per heavy atom. The first-order chi connectivity index (χ1) is 6.79. The van der Waals surface area contributed by atoms with Crippen LogP contribution in [0.2, 0.25) is 0 Å². The molecule has 0 radical (unpaired) electrons. The second kappa shape index (κ2) is 5.65. The number of hydrogen-bond acceptors (Lipinski definition) is 3. The number of alkyl halides is 1. The Kier molecular flexibility index (Phi) is 4.46. The van der Waals surface area contributed by atoms with E-state index in [4.69, 9.17) is 11.6 Å². The third-order valence-corrected chi connectivity index (χ3v) is 2.15. The highest BCUT2D eigenvalue weighted by atomic mass is 35.5. The van der Waals surface area contributed by atoms with Crippen molar-refractivity contribution in [2.24, 2.45) is 0 Å². The minimum absolute atomic E-state index is 0.105. The second-order valence-corrected chi connectivity index (χ2v) is 3.19. The Labute approximate surface area is 87.8 Å². The molecule has 0 aliphatic heterocycles. The van der Waals surface area contributed by atoms with Crippen molar-refractivity contribution in [3.8, 4) is 0 Å². The van der Waals surface area contributed by atoms with Gasteiger partial charge in [-0.25, -0.2) is 0 Å². The van der Waals surface area contributed by atoms with E-state index in [0.29, 0.717) is 24.7 Å². The maximum absolute atomic E-state index is 11.7. The third kappa shape index (κ3) is 2.73. The van der Waals surface area contributed by atoms with Crippen molar-refractivity contribution in [3.05, 3.63) is 18.0 Å². The van der Waals surface area contributed by atoms with Crippen molar-refractivity contribution >= 4 is 17.5 Å². The zero-order valence-electron chi connectivity index (χ0n) is 8.07. The third-order valence-electron chi connectivity index (χ3n) is 1.89. The van der Waals surface area contributed by atoms with Crippen LogP contribution in [-0.2, 0) is 0 Å². The molecule has 14 heavy (non-hydrogen) atoms. The summed E-state index contributed by atoms with van der Waals surface area (Å²) < 4.78 is 4.61. The van der Waals surface area contributed by atoms with Gasteiger partial charge in [-0.3, -0.25) is 4.79 Å². The first kappa shape index (κ1) is 11.0. The van der Waals surface area contributed by atoms with E-state index < -0.39 is 0 Å². The number of rotatable bonds is 5. The average Bonchev–Trinajstić information content (AvgIpc) is 2.71. The normalized spacial score (nSPS) is 10.1. The van der Waals surface area contributed by atoms with Crippen LogP contribution in [-0.4, -0.2) is 34.9 Å². The van der Waals surface area contributed by atoms with Crippen LogP contribution >= 0.6 is 11.6 Å². The molecule has 1 heterocycles. The average molecular weight is 217 g/mol. The molecule has 0 saturated heterocycles. The van der Waals surface area contributed by atoms with Crippen LogP contribution < -0.4 is 0 Å². The molecule has 1 amide bonds. The predicted octanol–water partition coefficient (Wildman–Crippen LogP) is 1.77. The molecule has 0 aromatic carbocycles. The fourth-order valence-electron chi connectivity index (χ4n) is 1.14. The quantitative estimate of drug-likeness (QED) is 0.705. The van der Waals surface area contributed by atoms with Crippen molar-refractivity contribution < 1.29 is 9.32 Å². The molecule has 0 spiro atoms. The summed E-state index contributed by atoms with van der Waals surface area (Å²) >= 11 is 5.56. The molecule has 1 aromatic rings. The second-order valence-electron chi connectivity index (χ2n) is 2.81. The maximum atomic E-state index is 11.7. The van der Waals surface area contributed by atoms with Crippen molar-refractivity contribution in [3.63, 3.8) is 0 Å². The van der Waals surface area contributed by atoms with E-state index >= 15 is 0 Å². The molecule has 1 rings (SSSR count). The molecular formula is C9H13ClN2O2. The molecular weight excluding hydrogens is 204 g/mol. The van der Waals surface area contributed by atoms with Gasteiger partial charge in [0, 0.05) is 25.0 Å². The van der Waals surface area contributed by atoms with Gasteiger partial charge in [0.15, 0.2) is 5.69 Å². The summed E-state index contributed by atoms with van der Waals surface area (Å²) in [6.45, 7) is 3.24. The lowest BCUT2D eigenvalue weighted by molar-refractivity contribution is 0.0754. The summed E-state index contributed by atoms with van der Waals surface area (Å²) in [6, 6.07) is 1.56. The number of amides is 1. The molecule has 0 unspecified atom stereocenters. The van der Waals surface area contributed by atoms with Crippen molar-refractivity contribution in [1.29, 1.82) is 0 Å². The number of carbonyl (C=O) groups is 1. The minimum atomic E-state index is -0.105. The van der Waals surface area contributed by atoms with Crippen LogP contribution in [0.3, 0.4) is 0 Å². The lowest BCUT2D eigenvalue weighted by atomic mass is 10.3. The zero-order chi connectivity index (χ0) is 10.4. The summed E-state index contributed by atoms with van der Waals surface area (Å²) in [5.41, 5.74) is 0.349. The Balaban J connectivity index is 2.56. The van der Waals surface area contributed by atoms with Crippen molar-refractivity contribution in [2.45, 2.75) is 13.3 Å². The highest BCUT2D eigenvalue weighted by Crippen LogP contribution is 2.03. The van der Waals surface area contributed by atoms with Gasteiger partial charge >= 0.3 is 0 Å². The molecule has 0 bridgehead atoms. The zero-order valence-corrected chi connectivity index (χ0v) is 8.83. The topological polar surface area (TPSA) is 46.3 Å². The molecule has 0 aliphatic carbocycles. The largest absolute Gasteiger partial charge is 0.364 e. The number of nitrogens with zero attached hydrogens (tertiary/aromatic N) is 2. The predicted molar refractivity (Wildman–Crippen MR) is 53.4 cm³/mol. The Hall–Kier alpha value is -1.03. The number of hydrogen-bond donors (Lipinski definition) is 0. The lowest BCUT2D eigenvalue weighted by Crippen LogP contribution is -2.32. The Morgan fingerprint density at radius 2 is 2.50 bits per heavy atom. The monoisotopic (exact) mass is 216 g/mol. The van der Waals surface area contributed by atoms with E-state index in [0.717, 1.165) is 6.42 Å². The Bertz CT molecular complexity index is 274. The smallest absolute Gasteiger partial charge is 0.276 e. The van der Waals surface area contributed by atoms with Crippen LogP contribution in [0.25, 0.3) is 0 Å². The SMILES string of the molecule is CCN(CCCCl)C(=O)c1ccon1. The van der Waals surface area contributed by atoms with E-state index in [1.165, 1.54) is 6.26 Å². The van der Waals surface area contributed by atoms with Crippen LogP contribution in [0.5, 0.6) is 0 Å². The summed E-state index contributed by atoms with van der Waals surface area (Å²) in [4.78, 5) is 13.4. The summed E-state index contributed by atoms with van der Waals surface area (Å²) in [5, 5.41) is 3.59. The van der Waals surface area contributed by atoms with Gasteiger partial charge in [0.1, 0.15) is 6.26 Å². The van der Waals surface area contributed by atoms with Gasteiger partial charge in [-0.05, 0) is 13.3 Å². The minimum Gasteiger partial charge on any atom is -0.364 e. The fraction of sp³-hybridized carbons (Fsp3) is 0.556. The molecule has 5 heteroatoms. The van der Waals surface area contributed by atoms with E-state index in [1.807, 2.05) is 6.92 Å². The van der Waals surface area contributed by atoms with Gasteiger partial charge in [-0.15, -0.1) is 11.6 Å². The molecule has 1 aromatic heterocycles. The van der Waals surface area contributed by atoms with Crippen LogP contribution in [0.15, 0.2) is 16.9 Å². The van der Waals surface area contributed by atoms with Gasteiger partial charge in [0.2, 0.25) is 0 Å². The molecule has 0 atom stereocenters. The van der Waals surface area contributed by atoms with Gasteiger partial charge in [-0.1, -0.05) is 5.16 Å². The molecule has 4 nitrogen and oxygen atoms in total. The summed E-state index contributed by atoms with van der Waals surface area (Å²) in [7, 11) is 0. The Morgan fingerprint density at radius 1 is 1.71 bits per heavy atom. The molecule has 0 saturated carbocycles. The van der Waals surface area contributed by atoms with Gasteiger partial charge < -0.3 is 9.42 Å². The first-order valence-corrected chi connectivity index (χ1v) is 5.08. The molecule has 0 aliphatic rings. The molecule has 0 fully saturated rings. The van der Waals surface area contributed by atoms with Gasteiger partial charge in [0.05, 0.1) is 0 Å². The van der Waals surface area contributed by atoms with E-state index in [9.17, 15) is 4.79 Å². The maximum Gasteiger partial charge on any atom is 0.276 e. The van der Waals surface area contributed by atoms with Crippen LogP contribution in [0.1, 0.15) is 23.8 Å². The van der Waals surface area contributed by atoms with Crippen LogP contribution in [0.4, 0.5) is 0 Å². The van der Waals surface area contributed by atoms with E-state index in [1.54, 1.807) is 11.0 Å². The number of aromatic nitrogens is 1. The van der Waals surface area contributed by atoms with E-state index in [-0.39, 0.29) is 5.91 Å². The first-order valence-electron chi connectivity index (χ1n) is 4.55. The summed E-state index contributed by atoms with van der Waals surface area (Å²) in [6.07, 6.45) is 2.18. The highest BCUT2D eigenvalue weighted by molar-refractivity contribution is 6.17. The lowest BCUT2D eigenvalue weighted by Gasteiger charge is -2.18. The number of carbonyl (C=O) groups excluding carboxylic acids is 1. The molecule has 78 valence electrons. The highest BCUT2D eigenvalue weighted by Gasteiger charge is 2.15. The molecule has 0 N–H and O–H groups in total. The van der Waals surface area contributed by atoms with Crippen LogP contribution in [0, 0.1) is 0 Å². The van der Waals surface area contributed by atoms with Gasteiger partial charge in [-0.2, -0.15) is 0 Å². The van der Waals surface area contributed by atoms with Crippen molar-refractivity contribution in [1.82, 2.24) is 10.1 Å². The fourth-order valence-corrected chi connectivity index (χ4v) is 1.26. The van der Waals surface area contributed by atoms with E-state index in [2.05, 4.69) is 9.68 Å². The number of halogens is 1. The summed E-state index contributed by atoms with van der Waals surface area (Å²) in [5.74, 6) is 0.453. The standard InChI is InChI=1S/C9H13ClN2O2/c1-2-12(6-3-5-10)9(13)8-4-7-14-11-8/h4,7H,2-3,5-6H2,1H3. The van der Waals surface area contributed by atoms with Crippen molar-refractivity contribution in [2.75, 3.05) is 19.0 Å².